The number of nitrogens with zero attached hydrogens (tertiary/aromatic N) is 3. The average Bonchev–Trinajstić information content (AvgIpc) is 3.79. The molecule has 0 aromatic rings. The van der Waals surface area contributed by atoms with Crippen molar-refractivity contribution in [3.05, 3.63) is 34.7 Å². The third-order valence-corrected chi connectivity index (χ3v) is 14.3. The first-order valence-electron chi connectivity index (χ1n) is 20.4. The number of hydrogen-bond donors (Lipinski definition) is 1. The Hall–Kier alpha value is -1.90. The molecule has 12 bridgehead atoms. The summed E-state index contributed by atoms with van der Waals surface area (Å²) in [4.78, 5) is 16.9. The molecule has 0 aromatic heterocycles. The Labute approximate surface area is 312 Å². The van der Waals surface area contributed by atoms with Gasteiger partial charge in [0.1, 0.15) is 36.3 Å². The smallest absolute Gasteiger partial charge is 0.172 e. The quantitative estimate of drug-likeness (QED) is 0.171. The number of carbonyl (C=O) groups excluding carboxylic acids is 1. The lowest BCUT2D eigenvalue weighted by Crippen LogP contribution is -2.61. The number of carbonyl (C=O) groups is 1. The van der Waals surface area contributed by atoms with Crippen molar-refractivity contribution in [1.29, 1.82) is 0 Å². The maximum Gasteiger partial charge on any atom is 0.172 e. The van der Waals surface area contributed by atoms with Crippen LogP contribution in [0.2, 0.25) is 0 Å². The van der Waals surface area contributed by atoms with Gasteiger partial charge in [0, 0.05) is 37.0 Å². The van der Waals surface area contributed by atoms with E-state index in [0.717, 1.165) is 56.1 Å². The van der Waals surface area contributed by atoms with Crippen molar-refractivity contribution in [3.8, 4) is 0 Å². The number of aliphatic hydroxyl groups is 1. The molecule has 13 heteroatoms. The minimum absolute atomic E-state index is 0.00591. The first-order valence-corrected chi connectivity index (χ1v) is 20.4. The van der Waals surface area contributed by atoms with E-state index in [1.807, 2.05) is 0 Å². The fourth-order valence-electron chi connectivity index (χ4n) is 11.4. The Bertz CT molecular complexity index is 1490. The molecule has 10 heterocycles. The maximum absolute atomic E-state index is 14.0. The number of ether oxygens (including phenoxy) is 8. The molecule has 0 radical (unpaired) electrons. The third kappa shape index (κ3) is 6.95. The van der Waals surface area contributed by atoms with Crippen LogP contribution >= 0.6 is 0 Å². The lowest BCUT2D eigenvalue weighted by atomic mass is 9.78. The van der Waals surface area contributed by atoms with E-state index in [2.05, 4.69) is 37.0 Å². The van der Waals surface area contributed by atoms with Gasteiger partial charge in [-0.05, 0) is 85.8 Å². The summed E-state index contributed by atoms with van der Waals surface area (Å²) >= 11 is 0. The van der Waals surface area contributed by atoms with Gasteiger partial charge >= 0.3 is 0 Å². The Morgan fingerprint density at radius 1 is 0.811 bits per heavy atom. The molecule has 10 fully saturated rings. The SMILES string of the molecule is C=C1C[C@@H]2CC[C@@]34C[C@H]5OC6C(O[C@H]7CC[C@H](CC(=O)C[C@@H]8[C@@H](C)[C@@H](C[C@H](O)CN=[N+]=[N-])O[C@H]8C[C@H]8O[C@@H](CC[C@@H]1O2)C[C@@H](C)C8=C)O[C@@H]7[C@@H]6O3)[C@H]5O4. The number of azide groups is 1. The molecule has 53 heavy (non-hydrogen) atoms. The van der Waals surface area contributed by atoms with Crippen LogP contribution in [0.1, 0.15) is 97.3 Å². The van der Waals surface area contributed by atoms with Crippen molar-refractivity contribution in [2.24, 2.45) is 22.9 Å². The second-order valence-electron chi connectivity index (χ2n) is 17.8. The zero-order valence-corrected chi connectivity index (χ0v) is 31.2. The molecule has 0 amide bonds. The fraction of sp³-hybridized carbons (Fsp3) is 0.875. The maximum atomic E-state index is 14.0. The lowest BCUT2D eigenvalue weighted by Gasteiger charge is -2.47. The van der Waals surface area contributed by atoms with Gasteiger partial charge in [0.25, 0.3) is 0 Å². The molecular weight excluding hydrogens is 682 g/mol. The van der Waals surface area contributed by atoms with Gasteiger partial charge in [0.2, 0.25) is 0 Å². The van der Waals surface area contributed by atoms with Gasteiger partial charge in [0.05, 0.1) is 67.6 Å². The van der Waals surface area contributed by atoms with Crippen molar-refractivity contribution in [2.45, 2.75) is 195 Å². The Morgan fingerprint density at radius 3 is 2.42 bits per heavy atom. The van der Waals surface area contributed by atoms with Crippen LogP contribution in [0.4, 0.5) is 0 Å². The Morgan fingerprint density at radius 2 is 1.57 bits per heavy atom. The molecule has 1 spiro atoms. The molecule has 10 saturated heterocycles. The second kappa shape index (κ2) is 14.6. The minimum Gasteiger partial charge on any atom is -0.393 e. The number of Topliss-reactive ketones (excluding diaryl/α,β-unsaturated/α-hetero) is 1. The first kappa shape index (κ1) is 36.7. The minimum atomic E-state index is -0.830. The Balaban J connectivity index is 0.979. The summed E-state index contributed by atoms with van der Waals surface area (Å²) in [6.45, 7) is 13.2. The van der Waals surface area contributed by atoms with E-state index < -0.39 is 11.9 Å². The monoisotopic (exact) mass is 739 g/mol. The van der Waals surface area contributed by atoms with Crippen LogP contribution in [0, 0.1) is 17.8 Å². The Kier molecular flexibility index (Phi) is 10.1. The van der Waals surface area contributed by atoms with Crippen LogP contribution in [-0.2, 0) is 42.7 Å². The largest absolute Gasteiger partial charge is 0.393 e. The van der Waals surface area contributed by atoms with E-state index in [0.29, 0.717) is 38.5 Å². The van der Waals surface area contributed by atoms with E-state index in [-0.39, 0.29) is 116 Å². The predicted octanol–water partition coefficient (Wildman–Crippen LogP) is 5.41. The molecule has 2 unspecified atom stereocenters. The number of fused-ring (bicyclic) bond motifs is 6. The van der Waals surface area contributed by atoms with Gasteiger partial charge in [-0.15, -0.1) is 0 Å². The molecule has 10 rings (SSSR count). The predicted molar refractivity (Wildman–Crippen MR) is 190 cm³/mol. The molecule has 0 aliphatic carbocycles. The number of rotatable bonds is 4. The summed E-state index contributed by atoms with van der Waals surface area (Å²) in [6, 6.07) is 0. The van der Waals surface area contributed by atoms with Crippen LogP contribution in [0.3, 0.4) is 0 Å². The van der Waals surface area contributed by atoms with Gasteiger partial charge in [0.15, 0.2) is 5.79 Å². The van der Waals surface area contributed by atoms with E-state index in [1.165, 1.54) is 0 Å². The standard InChI is InChI=1S/C40H57N3O10/c1-19-11-25-5-7-29-20(2)12-27(46-29)9-10-40-17-34-36(52-40)37-38(51-34)39(53-40)35-30(50-37)8-6-26(48-35)13-23(44)14-28-22(4)31(15-24(45)18-42-43-41)49-33(28)16-32(47-25)21(19)3/h19,22,24-39,45H,2-3,5-18H2,1,4H3/t19-,22-,24+,25+,26-,27+,28-,29+,30+,31-,32-,33+,34-,35+,36+,37?,38?,39+,40+/m1/s1. The van der Waals surface area contributed by atoms with Crippen molar-refractivity contribution < 1.29 is 47.8 Å². The normalized spacial score (nSPS) is 51.4. The zero-order valence-electron chi connectivity index (χ0n) is 31.2. The van der Waals surface area contributed by atoms with Crippen LogP contribution in [0.25, 0.3) is 10.4 Å². The van der Waals surface area contributed by atoms with Crippen LogP contribution < -0.4 is 0 Å². The summed E-state index contributed by atoms with van der Waals surface area (Å²) < 4.78 is 54.0. The number of ketones is 1. The molecule has 292 valence electrons. The van der Waals surface area contributed by atoms with E-state index >= 15 is 0 Å². The highest BCUT2D eigenvalue weighted by Crippen LogP contribution is 2.54. The number of aliphatic hydroxyl groups excluding tert-OH is 1. The van der Waals surface area contributed by atoms with Crippen LogP contribution in [0.5, 0.6) is 0 Å². The molecule has 0 aromatic carbocycles. The van der Waals surface area contributed by atoms with Gasteiger partial charge in [-0.3, -0.25) is 4.79 Å². The highest BCUT2D eigenvalue weighted by Gasteiger charge is 2.68. The summed E-state index contributed by atoms with van der Waals surface area (Å²) in [6.07, 6.45) is 5.39. The van der Waals surface area contributed by atoms with Gasteiger partial charge in [-0.25, -0.2) is 0 Å². The van der Waals surface area contributed by atoms with E-state index in [4.69, 9.17) is 43.4 Å². The van der Waals surface area contributed by atoms with Gasteiger partial charge in [-0.1, -0.05) is 32.1 Å². The second-order valence-corrected chi connectivity index (χ2v) is 17.8. The first-order chi connectivity index (χ1) is 25.6. The zero-order chi connectivity index (χ0) is 36.6. The molecule has 13 nitrogen and oxygen atoms in total. The van der Waals surface area contributed by atoms with Gasteiger partial charge in [-0.2, -0.15) is 0 Å². The molecule has 1 N–H and O–H groups in total. The molecular formula is C40H57N3O10. The third-order valence-electron chi connectivity index (χ3n) is 14.3. The van der Waals surface area contributed by atoms with Crippen molar-refractivity contribution in [3.63, 3.8) is 0 Å². The average molecular weight is 740 g/mol. The summed E-state index contributed by atoms with van der Waals surface area (Å²) in [7, 11) is 0. The van der Waals surface area contributed by atoms with E-state index in [1.54, 1.807) is 0 Å². The topological polar surface area (TPSA) is 160 Å². The molecule has 10 aliphatic rings. The van der Waals surface area contributed by atoms with Gasteiger partial charge < -0.3 is 43.0 Å². The lowest BCUT2D eigenvalue weighted by molar-refractivity contribution is -0.292. The molecule has 19 atom stereocenters. The summed E-state index contributed by atoms with van der Waals surface area (Å²) in [5.74, 6) is -0.449. The summed E-state index contributed by atoms with van der Waals surface area (Å²) in [5, 5.41) is 14.3. The van der Waals surface area contributed by atoms with Crippen molar-refractivity contribution >= 4 is 5.78 Å². The van der Waals surface area contributed by atoms with E-state index in [9.17, 15) is 9.90 Å². The molecule has 10 aliphatic heterocycles. The number of hydrogen-bond acceptors (Lipinski definition) is 11. The molecule has 0 saturated carbocycles. The fourth-order valence-corrected chi connectivity index (χ4v) is 11.4. The van der Waals surface area contributed by atoms with Crippen molar-refractivity contribution in [1.82, 2.24) is 0 Å². The highest BCUT2D eigenvalue weighted by atomic mass is 16.8. The van der Waals surface area contributed by atoms with Crippen LogP contribution in [-0.4, -0.2) is 115 Å². The highest BCUT2D eigenvalue weighted by molar-refractivity contribution is 5.79. The summed E-state index contributed by atoms with van der Waals surface area (Å²) in [5.41, 5.74) is 11.0. The van der Waals surface area contributed by atoms with Crippen molar-refractivity contribution in [2.75, 3.05) is 6.54 Å². The van der Waals surface area contributed by atoms with Crippen LogP contribution in [0.15, 0.2) is 29.4 Å².